The Balaban J connectivity index is 1.93. The van der Waals surface area contributed by atoms with E-state index in [-0.39, 0.29) is 17.8 Å². The van der Waals surface area contributed by atoms with Crippen molar-refractivity contribution in [3.05, 3.63) is 30.1 Å². The lowest BCUT2D eigenvalue weighted by Gasteiger charge is -2.28. The van der Waals surface area contributed by atoms with E-state index < -0.39 is 0 Å². The summed E-state index contributed by atoms with van der Waals surface area (Å²) in [4.78, 5) is 11.8. The molecule has 17 heavy (non-hydrogen) atoms. The third-order valence-electron chi connectivity index (χ3n) is 2.75. The maximum atomic E-state index is 12.9. The molecule has 1 aromatic rings. The van der Waals surface area contributed by atoms with Crippen LogP contribution in [0.1, 0.15) is 6.92 Å². The summed E-state index contributed by atoms with van der Waals surface area (Å²) in [7, 11) is 0. The second-order valence-electron chi connectivity index (χ2n) is 4.27. The highest BCUT2D eigenvalue weighted by Gasteiger charge is 2.23. The van der Waals surface area contributed by atoms with E-state index in [9.17, 15) is 9.18 Å². The average Bonchev–Trinajstić information content (AvgIpc) is 2.29. The summed E-state index contributed by atoms with van der Waals surface area (Å²) in [6.45, 7) is 3.39. The molecule has 2 atom stereocenters. The zero-order chi connectivity index (χ0) is 12.3. The first-order valence-electron chi connectivity index (χ1n) is 5.68. The molecule has 2 unspecified atom stereocenters. The minimum Gasteiger partial charge on any atom is -0.325 e. The zero-order valence-corrected chi connectivity index (χ0v) is 9.66. The Hall–Kier alpha value is -1.46. The van der Waals surface area contributed by atoms with Crippen LogP contribution in [-0.2, 0) is 4.79 Å². The summed E-state index contributed by atoms with van der Waals surface area (Å²) >= 11 is 0. The van der Waals surface area contributed by atoms with Gasteiger partial charge in [0.25, 0.3) is 0 Å². The van der Waals surface area contributed by atoms with Crippen LogP contribution in [0, 0.1) is 5.82 Å². The predicted octanol–water partition coefficient (Wildman–Crippen LogP) is 0.714. The number of anilines is 1. The highest BCUT2D eigenvalue weighted by Crippen LogP contribution is 2.09. The maximum Gasteiger partial charge on any atom is 0.242 e. The van der Waals surface area contributed by atoms with Gasteiger partial charge in [-0.2, -0.15) is 0 Å². The molecule has 0 aromatic heterocycles. The molecule has 0 aliphatic carbocycles. The molecular weight excluding hydrogens is 221 g/mol. The molecule has 92 valence electrons. The average molecular weight is 237 g/mol. The van der Waals surface area contributed by atoms with Gasteiger partial charge in [0.2, 0.25) is 5.91 Å². The van der Waals surface area contributed by atoms with Gasteiger partial charge in [-0.3, -0.25) is 4.79 Å². The van der Waals surface area contributed by atoms with Crippen LogP contribution in [0.2, 0.25) is 0 Å². The van der Waals surface area contributed by atoms with Gasteiger partial charge < -0.3 is 16.0 Å². The van der Waals surface area contributed by atoms with E-state index in [1.165, 1.54) is 12.1 Å². The highest BCUT2D eigenvalue weighted by molar-refractivity contribution is 5.95. The van der Waals surface area contributed by atoms with Gasteiger partial charge >= 0.3 is 0 Å². The normalized spacial score (nSPS) is 24.4. The van der Waals surface area contributed by atoms with Gasteiger partial charge in [0, 0.05) is 24.8 Å². The minimum absolute atomic E-state index is 0.144. The molecule has 3 N–H and O–H groups in total. The van der Waals surface area contributed by atoms with Crippen LogP contribution in [0.25, 0.3) is 0 Å². The Kier molecular flexibility index (Phi) is 3.71. The maximum absolute atomic E-state index is 12.9. The topological polar surface area (TPSA) is 53.2 Å². The van der Waals surface area contributed by atoms with Gasteiger partial charge in [0.05, 0.1) is 6.04 Å². The van der Waals surface area contributed by atoms with E-state index in [2.05, 4.69) is 16.0 Å². The zero-order valence-electron chi connectivity index (χ0n) is 9.66. The number of hydrogen-bond acceptors (Lipinski definition) is 3. The van der Waals surface area contributed by atoms with Crippen LogP contribution in [0.15, 0.2) is 24.3 Å². The second kappa shape index (κ2) is 5.25. The lowest BCUT2D eigenvalue weighted by atomic mass is 10.1. The van der Waals surface area contributed by atoms with Gasteiger partial charge in [-0.05, 0) is 25.1 Å². The predicted molar refractivity (Wildman–Crippen MR) is 64.3 cm³/mol. The number of carbonyl (C=O) groups is 1. The van der Waals surface area contributed by atoms with Crippen LogP contribution in [0.4, 0.5) is 10.1 Å². The Labute approximate surface area is 99.6 Å². The van der Waals surface area contributed by atoms with Crippen molar-refractivity contribution in [2.24, 2.45) is 0 Å². The molecule has 1 aliphatic rings. The SMILES string of the molecule is CC1CNC(C(=O)Nc2cccc(F)c2)CN1. The lowest BCUT2D eigenvalue weighted by Crippen LogP contribution is -2.57. The first kappa shape index (κ1) is 12.0. The number of benzene rings is 1. The van der Waals surface area contributed by atoms with Crippen molar-refractivity contribution in [2.75, 3.05) is 18.4 Å². The van der Waals surface area contributed by atoms with Crippen LogP contribution in [0.3, 0.4) is 0 Å². The third-order valence-corrected chi connectivity index (χ3v) is 2.75. The molecule has 1 heterocycles. The quantitative estimate of drug-likeness (QED) is 0.710. The molecule has 1 saturated heterocycles. The fraction of sp³-hybridized carbons (Fsp3) is 0.417. The molecular formula is C12H16FN3O. The van der Waals surface area contributed by atoms with Gasteiger partial charge in [0.1, 0.15) is 5.82 Å². The molecule has 1 amide bonds. The van der Waals surface area contributed by atoms with E-state index in [1.54, 1.807) is 12.1 Å². The smallest absolute Gasteiger partial charge is 0.242 e. The van der Waals surface area contributed by atoms with Crippen LogP contribution in [-0.4, -0.2) is 31.1 Å². The highest BCUT2D eigenvalue weighted by atomic mass is 19.1. The van der Waals surface area contributed by atoms with E-state index in [0.29, 0.717) is 18.3 Å². The van der Waals surface area contributed by atoms with E-state index in [0.717, 1.165) is 6.54 Å². The summed E-state index contributed by atoms with van der Waals surface area (Å²) in [5.74, 6) is -0.499. The molecule has 1 fully saturated rings. The van der Waals surface area contributed by atoms with Crippen molar-refractivity contribution in [1.82, 2.24) is 10.6 Å². The number of amides is 1. The Morgan fingerprint density at radius 2 is 2.24 bits per heavy atom. The van der Waals surface area contributed by atoms with Crippen molar-refractivity contribution in [2.45, 2.75) is 19.0 Å². The van der Waals surface area contributed by atoms with Crippen molar-refractivity contribution in [3.63, 3.8) is 0 Å². The standard InChI is InChI=1S/C12H16FN3O/c1-8-6-15-11(7-14-8)12(17)16-10-4-2-3-9(13)5-10/h2-5,8,11,14-15H,6-7H2,1H3,(H,16,17). The molecule has 5 heteroatoms. The number of halogens is 1. The molecule has 0 bridgehead atoms. The number of nitrogens with one attached hydrogen (secondary N) is 3. The fourth-order valence-corrected chi connectivity index (χ4v) is 1.76. The molecule has 0 saturated carbocycles. The summed E-state index contributed by atoms with van der Waals surface area (Å²) < 4.78 is 12.9. The van der Waals surface area contributed by atoms with Gasteiger partial charge in [-0.1, -0.05) is 6.07 Å². The van der Waals surface area contributed by atoms with Gasteiger partial charge in [-0.15, -0.1) is 0 Å². The Bertz CT molecular complexity index is 402. The molecule has 0 radical (unpaired) electrons. The Morgan fingerprint density at radius 1 is 1.41 bits per heavy atom. The summed E-state index contributed by atoms with van der Waals surface area (Å²) in [6, 6.07) is 5.98. The number of carbonyl (C=O) groups excluding carboxylic acids is 1. The first-order valence-corrected chi connectivity index (χ1v) is 5.68. The van der Waals surface area contributed by atoms with E-state index in [1.807, 2.05) is 6.92 Å². The van der Waals surface area contributed by atoms with Crippen LogP contribution >= 0.6 is 0 Å². The molecule has 4 nitrogen and oxygen atoms in total. The van der Waals surface area contributed by atoms with Crippen molar-refractivity contribution in [3.8, 4) is 0 Å². The van der Waals surface area contributed by atoms with Gasteiger partial charge in [0.15, 0.2) is 0 Å². The molecule has 1 aromatic carbocycles. The largest absolute Gasteiger partial charge is 0.325 e. The van der Waals surface area contributed by atoms with Gasteiger partial charge in [-0.25, -0.2) is 4.39 Å². The summed E-state index contributed by atoms with van der Waals surface area (Å²) in [6.07, 6.45) is 0. The fourth-order valence-electron chi connectivity index (χ4n) is 1.76. The number of piperazine rings is 1. The summed E-state index contributed by atoms with van der Waals surface area (Å²) in [5.41, 5.74) is 0.482. The number of hydrogen-bond donors (Lipinski definition) is 3. The molecule has 0 spiro atoms. The number of rotatable bonds is 2. The first-order chi connectivity index (χ1) is 8.15. The van der Waals surface area contributed by atoms with Crippen LogP contribution < -0.4 is 16.0 Å². The molecule has 2 rings (SSSR count). The van der Waals surface area contributed by atoms with E-state index in [4.69, 9.17) is 0 Å². The van der Waals surface area contributed by atoms with Crippen molar-refractivity contribution >= 4 is 11.6 Å². The van der Waals surface area contributed by atoms with Crippen LogP contribution in [0.5, 0.6) is 0 Å². The monoisotopic (exact) mass is 237 g/mol. The minimum atomic E-state index is -0.355. The molecule has 1 aliphatic heterocycles. The summed E-state index contributed by atoms with van der Waals surface area (Å²) in [5, 5.41) is 9.03. The second-order valence-corrected chi connectivity index (χ2v) is 4.27. The lowest BCUT2D eigenvalue weighted by molar-refractivity contribution is -0.118. The third kappa shape index (κ3) is 3.25. The van der Waals surface area contributed by atoms with Crippen molar-refractivity contribution < 1.29 is 9.18 Å². The van der Waals surface area contributed by atoms with E-state index >= 15 is 0 Å². The Morgan fingerprint density at radius 3 is 2.88 bits per heavy atom. The van der Waals surface area contributed by atoms with Crippen molar-refractivity contribution in [1.29, 1.82) is 0 Å².